The molecule has 0 saturated heterocycles. The number of nitrogens with one attached hydrogen (secondary N) is 2. The number of hydrogen-bond acceptors (Lipinski definition) is 7. The normalized spacial score (nSPS) is 12.9. The van der Waals surface area contributed by atoms with Gasteiger partial charge in [0.2, 0.25) is 0 Å². The van der Waals surface area contributed by atoms with Gasteiger partial charge in [0.25, 0.3) is 0 Å². The fourth-order valence-electron chi connectivity index (χ4n) is 1.76. The first-order valence-electron chi connectivity index (χ1n) is 5.80. The van der Waals surface area contributed by atoms with Crippen molar-refractivity contribution in [3.63, 3.8) is 0 Å². The molecule has 0 atom stereocenters. The first-order valence-corrected chi connectivity index (χ1v) is 5.80. The molecule has 0 saturated carbocycles. The molecule has 0 unspecified atom stereocenters. The van der Waals surface area contributed by atoms with Gasteiger partial charge in [0.15, 0.2) is 23.1 Å². The smallest absolute Gasteiger partial charge is 0.163 e. The van der Waals surface area contributed by atoms with E-state index < -0.39 is 0 Å². The van der Waals surface area contributed by atoms with Crippen molar-refractivity contribution >= 4 is 17.3 Å². The molecule has 1 aromatic carbocycles. The predicted molar refractivity (Wildman–Crippen MR) is 70.6 cm³/mol. The highest BCUT2D eigenvalue weighted by molar-refractivity contribution is 5.61. The lowest BCUT2D eigenvalue weighted by Crippen LogP contribution is -2.15. The first-order chi connectivity index (χ1) is 9.35. The Morgan fingerprint density at radius 2 is 1.84 bits per heavy atom. The summed E-state index contributed by atoms with van der Waals surface area (Å²) in [5.41, 5.74) is 3.29. The molecule has 0 aliphatic carbocycles. The number of hydrazine groups is 1. The Bertz CT molecular complexity index is 590. The van der Waals surface area contributed by atoms with Crippen molar-refractivity contribution in [3.8, 4) is 11.5 Å². The van der Waals surface area contributed by atoms with Gasteiger partial charge in [-0.3, -0.25) is 4.98 Å². The van der Waals surface area contributed by atoms with E-state index in [4.69, 9.17) is 15.3 Å². The average Bonchev–Trinajstić information content (AvgIpc) is 2.47. The minimum Gasteiger partial charge on any atom is -0.486 e. The lowest BCUT2D eigenvalue weighted by Gasteiger charge is -2.19. The van der Waals surface area contributed by atoms with Gasteiger partial charge < -0.3 is 20.2 Å². The Kier molecular flexibility index (Phi) is 3.03. The highest BCUT2D eigenvalue weighted by Gasteiger charge is 2.11. The second-order valence-corrected chi connectivity index (χ2v) is 3.92. The maximum atomic E-state index is 5.51. The van der Waals surface area contributed by atoms with Crippen LogP contribution in [0.5, 0.6) is 11.5 Å². The molecule has 1 aliphatic heterocycles. The molecule has 0 fully saturated rings. The minimum absolute atomic E-state index is 0.488. The number of fused-ring (bicyclic) bond motifs is 1. The van der Waals surface area contributed by atoms with Gasteiger partial charge in [-0.05, 0) is 12.1 Å². The number of nitrogen functional groups attached to an aromatic ring is 1. The van der Waals surface area contributed by atoms with Crippen LogP contribution in [0.15, 0.2) is 30.6 Å². The lowest BCUT2D eigenvalue weighted by molar-refractivity contribution is 0.171. The van der Waals surface area contributed by atoms with E-state index in [1.165, 1.54) is 6.20 Å². The van der Waals surface area contributed by atoms with Crippen LogP contribution in [0.3, 0.4) is 0 Å². The Balaban J connectivity index is 1.82. The van der Waals surface area contributed by atoms with Crippen molar-refractivity contribution in [2.45, 2.75) is 0 Å². The van der Waals surface area contributed by atoms with Gasteiger partial charge in [-0.1, -0.05) is 0 Å². The summed E-state index contributed by atoms with van der Waals surface area (Å²) in [7, 11) is 0. The third-order valence-electron chi connectivity index (χ3n) is 2.60. The molecule has 2 aromatic rings. The maximum Gasteiger partial charge on any atom is 0.163 e. The van der Waals surface area contributed by atoms with E-state index in [2.05, 4.69) is 20.7 Å². The van der Waals surface area contributed by atoms with E-state index in [0.717, 1.165) is 17.2 Å². The van der Waals surface area contributed by atoms with Crippen LogP contribution >= 0.6 is 0 Å². The third-order valence-corrected chi connectivity index (χ3v) is 2.60. The van der Waals surface area contributed by atoms with Gasteiger partial charge in [0.1, 0.15) is 13.2 Å². The van der Waals surface area contributed by atoms with E-state index >= 15 is 0 Å². The SMILES string of the molecule is NNc1cncc(Nc2ccc3c(c2)OCCO3)n1. The second-order valence-electron chi connectivity index (χ2n) is 3.92. The maximum absolute atomic E-state index is 5.51. The third kappa shape index (κ3) is 2.50. The molecule has 0 radical (unpaired) electrons. The largest absolute Gasteiger partial charge is 0.486 e. The molecule has 7 nitrogen and oxygen atoms in total. The summed E-state index contributed by atoms with van der Waals surface area (Å²) in [6.07, 6.45) is 3.15. The zero-order chi connectivity index (χ0) is 13.1. The van der Waals surface area contributed by atoms with Crippen molar-refractivity contribution in [1.82, 2.24) is 9.97 Å². The zero-order valence-electron chi connectivity index (χ0n) is 10.1. The van der Waals surface area contributed by atoms with E-state index in [9.17, 15) is 0 Å². The molecule has 1 aliphatic rings. The molecule has 19 heavy (non-hydrogen) atoms. The van der Waals surface area contributed by atoms with Crippen LogP contribution in [-0.2, 0) is 0 Å². The number of nitrogens with two attached hydrogens (primary N) is 1. The number of aromatic nitrogens is 2. The molecule has 7 heteroatoms. The number of anilines is 3. The van der Waals surface area contributed by atoms with E-state index in [1.807, 2.05) is 18.2 Å². The van der Waals surface area contributed by atoms with Crippen LogP contribution < -0.4 is 26.1 Å². The fourth-order valence-corrected chi connectivity index (χ4v) is 1.76. The van der Waals surface area contributed by atoms with Crippen molar-refractivity contribution in [2.24, 2.45) is 5.84 Å². The summed E-state index contributed by atoms with van der Waals surface area (Å²) < 4.78 is 11.0. The molecule has 1 aromatic heterocycles. The van der Waals surface area contributed by atoms with Gasteiger partial charge >= 0.3 is 0 Å². The second kappa shape index (κ2) is 4.99. The highest BCUT2D eigenvalue weighted by atomic mass is 16.6. The summed E-state index contributed by atoms with van der Waals surface area (Å²) in [6, 6.07) is 5.60. The van der Waals surface area contributed by atoms with Gasteiger partial charge in [-0.25, -0.2) is 10.8 Å². The van der Waals surface area contributed by atoms with Crippen molar-refractivity contribution in [1.29, 1.82) is 0 Å². The van der Waals surface area contributed by atoms with Crippen LogP contribution in [0.25, 0.3) is 0 Å². The number of ether oxygens (including phenoxy) is 2. The van der Waals surface area contributed by atoms with Crippen molar-refractivity contribution < 1.29 is 9.47 Å². The number of nitrogens with zero attached hydrogens (tertiary/aromatic N) is 2. The molecule has 0 amide bonds. The summed E-state index contributed by atoms with van der Waals surface area (Å²) in [4.78, 5) is 8.23. The van der Waals surface area contributed by atoms with Crippen LogP contribution in [-0.4, -0.2) is 23.2 Å². The number of benzene rings is 1. The fraction of sp³-hybridized carbons (Fsp3) is 0.167. The Morgan fingerprint density at radius 3 is 2.68 bits per heavy atom. The Labute approximate surface area is 109 Å². The standard InChI is InChI=1S/C12H13N5O2/c13-17-12-7-14-6-11(16-12)15-8-1-2-9-10(5-8)19-4-3-18-9/h1-2,5-7H,3-4,13H2,(H2,15,16,17). The quantitative estimate of drug-likeness (QED) is 0.564. The average molecular weight is 259 g/mol. The molecule has 4 N–H and O–H groups in total. The van der Waals surface area contributed by atoms with Gasteiger partial charge in [0.05, 0.1) is 12.4 Å². The minimum atomic E-state index is 0.488. The Hall–Kier alpha value is -2.54. The van der Waals surface area contributed by atoms with E-state index in [-0.39, 0.29) is 0 Å². The van der Waals surface area contributed by atoms with Gasteiger partial charge in [-0.2, -0.15) is 0 Å². The summed E-state index contributed by atoms with van der Waals surface area (Å²) in [5, 5.41) is 3.12. The van der Waals surface area contributed by atoms with Crippen molar-refractivity contribution in [3.05, 3.63) is 30.6 Å². The predicted octanol–water partition coefficient (Wildman–Crippen LogP) is 1.28. The van der Waals surface area contributed by atoms with E-state index in [1.54, 1.807) is 6.20 Å². The first kappa shape index (κ1) is 11.5. The van der Waals surface area contributed by atoms with Gasteiger partial charge in [-0.15, -0.1) is 0 Å². The van der Waals surface area contributed by atoms with Crippen LogP contribution in [0, 0.1) is 0 Å². The number of rotatable bonds is 3. The topological polar surface area (TPSA) is 94.3 Å². The lowest BCUT2D eigenvalue weighted by atomic mass is 10.2. The Morgan fingerprint density at radius 1 is 1.05 bits per heavy atom. The molecule has 3 rings (SSSR count). The molecule has 0 spiro atoms. The summed E-state index contributed by atoms with van der Waals surface area (Å²) >= 11 is 0. The molecule has 0 bridgehead atoms. The molecule has 2 heterocycles. The monoisotopic (exact) mass is 259 g/mol. The zero-order valence-corrected chi connectivity index (χ0v) is 10.1. The van der Waals surface area contributed by atoms with Crippen LogP contribution in [0.1, 0.15) is 0 Å². The summed E-state index contributed by atoms with van der Waals surface area (Å²) in [6.45, 7) is 1.14. The van der Waals surface area contributed by atoms with Crippen molar-refractivity contribution in [2.75, 3.05) is 24.0 Å². The number of hydrogen-bond donors (Lipinski definition) is 3. The molecular weight excluding hydrogens is 246 g/mol. The highest BCUT2D eigenvalue weighted by Crippen LogP contribution is 2.33. The van der Waals surface area contributed by atoms with Gasteiger partial charge in [0, 0.05) is 11.8 Å². The van der Waals surface area contributed by atoms with E-state index in [0.29, 0.717) is 24.8 Å². The molecule has 98 valence electrons. The molecular formula is C12H13N5O2. The van der Waals surface area contributed by atoms with Crippen LogP contribution in [0.4, 0.5) is 17.3 Å². The van der Waals surface area contributed by atoms with Crippen LogP contribution in [0.2, 0.25) is 0 Å². The summed E-state index contributed by atoms with van der Waals surface area (Å²) in [5.74, 6) is 7.83.